The van der Waals surface area contributed by atoms with Gasteiger partial charge in [-0.1, -0.05) is 73.6 Å². The SMILES string of the molecule is Cc1c(Cl)cccc1NC(=O)CSc1nnc(-c2ccccc2)n1CC(C)C. The number of hydrogen-bond acceptors (Lipinski definition) is 4. The van der Waals surface area contributed by atoms with Crippen LogP contribution in [-0.2, 0) is 11.3 Å². The van der Waals surface area contributed by atoms with E-state index in [1.807, 2.05) is 49.4 Å². The molecule has 28 heavy (non-hydrogen) atoms. The molecule has 5 nitrogen and oxygen atoms in total. The quantitative estimate of drug-likeness (QED) is 0.533. The van der Waals surface area contributed by atoms with E-state index in [-0.39, 0.29) is 11.7 Å². The van der Waals surface area contributed by atoms with Gasteiger partial charge in [0, 0.05) is 22.8 Å². The number of benzene rings is 2. The molecule has 1 N–H and O–H groups in total. The van der Waals surface area contributed by atoms with Gasteiger partial charge < -0.3 is 9.88 Å². The first-order valence-electron chi connectivity index (χ1n) is 9.12. The smallest absolute Gasteiger partial charge is 0.234 e. The van der Waals surface area contributed by atoms with Crippen LogP contribution in [0.25, 0.3) is 11.4 Å². The summed E-state index contributed by atoms with van der Waals surface area (Å²) in [6.07, 6.45) is 0. The van der Waals surface area contributed by atoms with E-state index in [0.29, 0.717) is 10.9 Å². The minimum absolute atomic E-state index is 0.101. The van der Waals surface area contributed by atoms with Gasteiger partial charge in [0.25, 0.3) is 0 Å². The van der Waals surface area contributed by atoms with Crippen LogP contribution in [0, 0.1) is 12.8 Å². The molecule has 0 radical (unpaired) electrons. The second-order valence-electron chi connectivity index (χ2n) is 6.93. The van der Waals surface area contributed by atoms with Gasteiger partial charge in [-0.05, 0) is 30.5 Å². The second kappa shape index (κ2) is 9.26. The van der Waals surface area contributed by atoms with Crippen LogP contribution >= 0.6 is 23.4 Å². The summed E-state index contributed by atoms with van der Waals surface area (Å²) in [5, 5.41) is 13.0. The van der Waals surface area contributed by atoms with Crippen molar-refractivity contribution < 1.29 is 4.79 Å². The third kappa shape index (κ3) is 4.94. The van der Waals surface area contributed by atoms with Crippen molar-refractivity contribution in [2.24, 2.45) is 5.92 Å². The van der Waals surface area contributed by atoms with Crippen LogP contribution < -0.4 is 5.32 Å². The van der Waals surface area contributed by atoms with Crippen molar-refractivity contribution in [2.45, 2.75) is 32.5 Å². The second-order valence-corrected chi connectivity index (χ2v) is 8.28. The molecule has 3 rings (SSSR count). The van der Waals surface area contributed by atoms with Crippen molar-refractivity contribution >= 4 is 35.0 Å². The number of anilines is 1. The third-order valence-corrected chi connectivity index (χ3v) is 5.55. The Hall–Kier alpha value is -2.31. The number of halogens is 1. The predicted octanol–water partition coefficient (Wildman–Crippen LogP) is 5.29. The minimum Gasteiger partial charge on any atom is -0.325 e. The first-order chi connectivity index (χ1) is 13.5. The molecule has 1 aromatic heterocycles. The van der Waals surface area contributed by atoms with Gasteiger partial charge in [0.2, 0.25) is 5.91 Å². The summed E-state index contributed by atoms with van der Waals surface area (Å²) in [4.78, 5) is 12.4. The number of thioether (sulfide) groups is 1. The molecule has 0 saturated heterocycles. The van der Waals surface area contributed by atoms with E-state index < -0.39 is 0 Å². The van der Waals surface area contributed by atoms with Gasteiger partial charge in [-0.25, -0.2) is 0 Å². The van der Waals surface area contributed by atoms with E-state index in [1.54, 1.807) is 6.07 Å². The summed E-state index contributed by atoms with van der Waals surface area (Å²) < 4.78 is 2.09. The van der Waals surface area contributed by atoms with Crippen LogP contribution in [0.1, 0.15) is 19.4 Å². The molecule has 1 heterocycles. The highest BCUT2D eigenvalue weighted by atomic mass is 35.5. The average molecular weight is 415 g/mol. The van der Waals surface area contributed by atoms with E-state index in [4.69, 9.17) is 11.6 Å². The summed E-state index contributed by atoms with van der Waals surface area (Å²) >= 11 is 7.51. The Bertz CT molecular complexity index is 956. The standard InChI is InChI=1S/C21H23ClN4OS/c1-14(2)12-26-20(16-8-5-4-6-9-16)24-25-21(26)28-13-19(27)23-18-11-7-10-17(22)15(18)3/h4-11,14H,12-13H2,1-3H3,(H,23,27). The van der Waals surface area contributed by atoms with Crippen LogP contribution in [0.3, 0.4) is 0 Å². The summed E-state index contributed by atoms with van der Waals surface area (Å²) in [6, 6.07) is 15.5. The lowest BCUT2D eigenvalue weighted by Gasteiger charge is -2.13. The highest BCUT2D eigenvalue weighted by molar-refractivity contribution is 7.99. The van der Waals surface area contributed by atoms with Crippen molar-refractivity contribution in [3.8, 4) is 11.4 Å². The van der Waals surface area contributed by atoms with Gasteiger partial charge in [-0.2, -0.15) is 0 Å². The zero-order valence-corrected chi connectivity index (χ0v) is 17.7. The first-order valence-corrected chi connectivity index (χ1v) is 10.5. The number of rotatable bonds is 7. The number of aromatic nitrogens is 3. The van der Waals surface area contributed by atoms with Crippen LogP contribution in [0.15, 0.2) is 53.7 Å². The molecule has 0 bridgehead atoms. The lowest BCUT2D eigenvalue weighted by atomic mass is 10.2. The van der Waals surface area contributed by atoms with Crippen LogP contribution in [-0.4, -0.2) is 26.4 Å². The molecule has 3 aromatic rings. The number of hydrogen-bond donors (Lipinski definition) is 1. The van der Waals surface area contributed by atoms with E-state index in [2.05, 4.69) is 33.9 Å². The Balaban J connectivity index is 1.74. The van der Waals surface area contributed by atoms with Gasteiger partial charge in [-0.15, -0.1) is 10.2 Å². The Morgan fingerprint density at radius 2 is 1.89 bits per heavy atom. The number of amides is 1. The maximum Gasteiger partial charge on any atom is 0.234 e. The largest absolute Gasteiger partial charge is 0.325 e. The monoisotopic (exact) mass is 414 g/mol. The van der Waals surface area contributed by atoms with Crippen molar-refractivity contribution in [1.29, 1.82) is 0 Å². The molecule has 1 amide bonds. The molecule has 2 aromatic carbocycles. The van der Waals surface area contributed by atoms with E-state index in [9.17, 15) is 4.79 Å². The predicted molar refractivity (Wildman–Crippen MR) is 116 cm³/mol. The van der Waals surface area contributed by atoms with Crippen molar-refractivity contribution in [3.05, 3.63) is 59.1 Å². The Morgan fingerprint density at radius 1 is 1.14 bits per heavy atom. The van der Waals surface area contributed by atoms with Crippen LogP contribution in [0.5, 0.6) is 0 Å². The summed E-state index contributed by atoms with van der Waals surface area (Å²) in [5.74, 6) is 1.40. The van der Waals surface area contributed by atoms with Crippen molar-refractivity contribution in [3.63, 3.8) is 0 Å². The third-order valence-electron chi connectivity index (χ3n) is 4.17. The molecule has 0 aliphatic carbocycles. The normalized spacial score (nSPS) is 11.0. The number of carbonyl (C=O) groups excluding carboxylic acids is 1. The fraction of sp³-hybridized carbons (Fsp3) is 0.286. The molecular weight excluding hydrogens is 392 g/mol. The fourth-order valence-corrected chi connectivity index (χ4v) is 3.71. The zero-order valence-electron chi connectivity index (χ0n) is 16.1. The van der Waals surface area contributed by atoms with Crippen LogP contribution in [0.4, 0.5) is 5.69 Å². The molecule has 7 heteroatoms. The molecule has 0 spiro atoms. The zero-order chi connectivity index (χ0) is 20.1. The summed E-state index contributed by atoms with van der Waals surface area (Å²) in [7, 11) is 0. The average Bonchev–Trinajstić information content (AvgIpc) is 3.06. The fourth-order valence-electron chi connectivity index (χ4n) is 2.79. The van der Waals surface area contributed by atoms with Crippen molar-refractivity contribution in [2.75, 3.05) is 11.1 Å². The lowest BCUT2D eigenvalue weighted by molar-refractivity contribution is -0.113. The molecule has 0 unspecified atom stereocenters. The number of nitrogens with zero attached hydrogens (tertiary/aromatic N) is 3. The van der Waals surface area contributed by atoms with Gasteiger partial charge in [0.15, 0.2) is 11.0 Å². The number of carbonyl (C=O) groups is 1. The molecule has 146 valence electrons. The molecule has 0 saturated carbocycles. The lowest BCUT2D eigenvalue weighted by Crippen LogP contribution is -2.16. The molecule has 0 aliphatic rings. The molecular formula is C21H23ClN4OS. The molecule has 0 fully saturated rings. The Morgan fingerprint density at radius 3 is 2.61 bits per heavy atom. The first kappa shape index (κ1) is 20.4. The maximum atomic E-state index is 12.4. The Kier molecular flexibility index (Phi) is 6.75. The van der Waals surface area contributed by atoms with Crippen molar-refractivity contribution in [1.82, 2.24) is 14.8 Å². The molecule has 0 atom stereocenters. The van der Waals surface area contributed by atoms with Crippen LogP contribution in [0.2, 0.25) is 5.02 Å². The van der Waals surface area contributed by atoms with Gasteiger partial charge in [-0.3, -0.25) is 4.79 Å². The summed E-state index contributed by atoms with van der Waals surface area (Å²) in [5.41, 5.74) is 2.60. The maximum absolute atomic E-state index is 12.4. The van der Waals surface area contributed by atoms with E-state index in [1.165, 1.54) is 11.8 Å². The topological polar surface area (TPSA) is 59.8 Å². The van der Waals surface area contributed by atoms with Gasteiger partial charge >= 0.3 is 0 Å². The number of nitrogens with one attached hydrogen (secondary N) is 1. The molecule has 0 aliphatic heterocycles. The van der Waals surface area contributed by atoms with E-state index >= 15 is 0 Å². The highest BCUT2D eigenvalue weighted by Gasteiger charge is 2.17. The summed E-state index contributed by atoms with van der Waals surface area (Å²) in [6.45, 7) is 6.97. The van der Waals surface area contributed by atoms with Gasteiger partial charge in [0.1, 0.15) is 0 Å². The highest BCUT2D eigenvalue weighted by Crippen LogP contribution is 2.26. The Labute approximate surface area is 174 Å². The van der Waals surface area contributed by atoms with E-state index in [0.717, 1.165) is 34.3 Å². The minimum atomic E-state index is -0.101. The van der Waals surface area contributed by atoms with Gasteiger partial charge in [0.05, 0.1) is 5.75 Å².